The minimum atomic E-state index is -2.07. The SMILES string of the molecule is C=C(CC(CC(=C)C(=O)OCC)(C(=O)OC)C(=O)OCc1ccccc1)C(=O)OCC. The van der Waals surface area contributed by atoms with E-state index in [4.69, 9.17) is 18.9 Å². The van der Waals surface area contributed by atoms with Crippen LogP contribution in [0.2, 0.25) is 0 Å². The van der Waals surface area contributed by atoms with Gasteiger partial charge in [-0.25, -0.2) is 9.59 Å². The largest absolute Gasteiger partial charge is 0.468 e. The summed E-state index contributed by atoms with van der Waals surface area (Å²) in [4.78, 5) is 50.2. The average Bonchev–Trinajstić information content (AvgIpc) is 2.77. The van der Waals surface area contributed by atoms with Crippen LogP contribution in [0.3, 0.4) is 0 Å². The predicted molar refractivity (Wildman–Crippen MR) is 111 cm³/mol. The van der Waals surface area contributed by atoms with Crippen molar-refractivity contribution < 1.29 is 38.1 Å². The van der Waals surface area contributed by atoms with Gasteiger partial charge in [0.25, 0.3) is 0 Å². The first-order valence-electron chi connectivity index (χ1n) is 9.71. The number of rotatable bonds is 12. The van der Waals surface area contributed by atoms with E-state index < -0.39 is 42.1 Å². The van der Waals surface area contributed by atoms with Crippen LogP contribution in [0.4, 0.5) is 0 Å². The maximum atomic E-state index is 13.2. The molecule has 31 heavy (non-hydrogen) atoms. The molecule has 8 heteroatoms. The molecule has 0 aliphatic rings. The molecule has 0 aliphatic carbocycles. The lowest BCUT2D eigenvalue weighted by atomic mass is 9.76. The van der Waals surface area contributed by atoms with E-state index in [2.05, 4.69) is 13.2 Å². The summed E-state index contributed by atoms with van der Waals surface area (Å²) in [5.41, 5.74) is -1.69. The fourth-order valence-electron chi connectivity index (χ4n) is 2.83. The third-order valence-electron chi connectivity index (χ3n) is 4.34. The lowest BCUT2D eigenvalue weighted by Gasteiger charge is -2.29. The minimum absolute atomic E-state index is 0.0804. The number of hydrogen-bond donors (Lipinski definition) is 0. The summed E-state index contributed by atoms with van der Waals surface area (Å²) in [6.07, 6.45) is -0.963. The predicted octanol–water partition coefficient (Wildman–Crippen LogP) is 2.91. The van der Waals surface area contributed by atoms with Crippen molar-refractivity contribution in [2.75, 3.05) is 20.3 Å². The molecule has 1 aromatic rings. The average molecular weight is 432 g/mol. The zero-order valence-electron chi connectivity index (χ0n) is 18.1. The second kappa shape index (κ2) is 12.3. The number of esters is 4. The molecule has 1 rings (SSSR count). The smallest absolute Gasteiger partial charge is 0.333 e. The van der Waals surface area contributed by atoms with Crippen LogP contribution >= 0.6 is 0 Å². The first-order valence-corrected chi connectivity index (χ1v) is 9.71. The molecular formula is C23H28O8. The standard InChI is InChI=1S/C23H28O8/c1-6-29-19(24)16(3)13-23(21(26)28-5,14-17(4)20(25)30-7-2)22(27)31-15-18-11-9-8-10-12-18/h8-12H,3-4,6-7,13-15H2,1-2,5H3. The van der Waals surface area contributed by atoms with Gasteiger partial charge in [0.15, 0.2) is 5.41 Å². The highest BCUT2D eigenvalue weighted by Crippen LogP contribution is 2.37. The fourth-order valence-corrected chi connectivity index (χ4v) is 2.83. The lowest BCUT2D eigenvalue weighted by molar-refractivity contribution is -0.172. The van der Waals surface area contributed by atoms with E-state index in [1.165, 1.54) is 0 Å². The van der Waals surface area contributed by atoms with E-state index in [9.17, 15) is 19.2 Å². The first-order chi connectivity index (χ1) is 14.7. The zero-order chi connectivity index (χ0) is 23.4. The normalized spacial score (nSPS) is 10.5. The van der Waals surface area contributed by atoms with Gasteiger partial charge in [-0.2, -0.15) is 0 Å². The maximum absolute atomic E-state index is 13.2. The molecule has 0 aliphatic heterocycles. The maximum Gasteiger partial charge on any atom is 0.333 e. The highest BCUT2D eigenvalue weighted by atomic mass is 16.6. The Balaban J connectivity index is 3.29. The number of carbonyl (C=O) groups is 4. The molecule has 0 bridgehead atoms. The van der Waals surface area contributed by atoms with Crippen LogP contribution in [0.5, 0.6) is 0 Å². The molecule has 0 radical (unpaired) electrons. The molecule has 0 heterocycles. The summed E-state index contributed by atoms with van der Waals surface area (Å²) in [6, 6.07) is 8.81. The topological polar surface area (TPSA) is 105 Å². The van der Waals surface area contributed by atoms with Gasteiger partial charge in [0.1, 0.15) is 6.61 Å². The van der Waals surface area contributed by atoms with Gasteiger partial charge >= 0.3 is 23.9 Å². The summed E-state index contributed by atoms with van der Waals surface area (Å²) >= 11 is 0. The van der Waals surface area contributed by atoms with Crippen molar-refractivity contribution in [3.63, 3.8) is 0 Å². The second-order valence-electron chi connectivity index (χ2n) is 6.64. The van der Waals surface area contributed by atoms with Crippen molar-refractivity contribution >= 4 is 23.9 Å². The summed E-state index contributed by atoms with van der Waals surface area (Å²) in [7, 11) is 1.09. The van der Waals surface area contributed by atoms with Crippen molar-refractivity contribution in [2.24, 2.45) is 5.41 Å². The summed E-state index contributed by atoms with van der Waals surface area (Å²) in [6.45, 7) is 10.5. The second-order valence-corrected chi connectivity index (χ2v) is 6.64. The summed E-state index contributed by atoms with van der Waals surface area (Å²) < 4.78 is 20.0. The zero-order valence-corrected chi connectivity index (χ0v) is 18.1. The molecule has 0 unspecified atom stereocenters. The van der Waals surface area contributed by atoms with Crippen molar-refractivity contribution in [3.05, 3.63) is 60.2 Å². The van der Waals surface area contributed by atoms with E-state index >= 15 is 0 Å². The number of methoxy groups -OCH3 is 1. The Morgan fingerprint density at radius 2 is 1.29 bits per heavy atom. The van der Waals surface area contributed by atoms with Crippen LogP contribution in [0.15, 0.2) is 54.6 Å². The molecular weight excluding hydrogens is 404 g/mol. The van der Waals surface area contributed by atoms with Gasteiger partial charge in [0, 0.05) is 24.0 Å². The Labute approximate surface area is 181 Å². The number of ether oxygens (including phenoxy) is 4. The van der Waals surface area contributed by atoms with Crippen LogP contribution in [0, 0.1) is 5.41 Å². The van der Waals surface area contributed by atoms with Crippen LogP contribution in [-0.4, -0.2) is 44.2 Å². The van der Waals surface area contributed by atoms with Gasteiger partial charge in [-0.15, -0.1) is 0 Å². The Bertz CT molecular complexity index is 793. The Morgan fingerprint density at radius 3 is 1.71 bits per heavy atom. The first kappa shape index (κ1) is 25.6. The van der Waals surface area contributed by atoms with Crippen molar-refractivity contribution in [2.45, 2.75) is 33.3 Å². The molecule has 0 spiro atoms. The molecule has 0 fully saturated rings. The molecule has 0 N–H and O–H groups in total. The van der Waals surface area contributed by atoms with Gasteiger partial charge < -0.3 is 18.9 Å². The van der Waals surface area contributed by atoms with E-state index in [1.54, 1.807) is 44.2 Å². The number of carbonyl (C=O) groups excluding carboxylic acids is 4. The molecule has 0 aromatic heterocycles. The molecule has 0 saturated carbocycles. The molecule has 168 valence electrons. The van der Waals surface area contributed by atoms with Gasteiger partial charge in [0.05, 0.1) is 20.3 Å². The highest BCUT2D eigenvalue weighted by Gasteiger charge is 2.51. The van der Waals surface area contributed by atoms with E-state index in [0.29, 0.717) is 5.56 Å². The Hall–Kier alpha value is -3.42. The van der Waals surface area contributed by atoms with Gasteiger partial charge in [-0.3, -0.25) is 9.59 Å². The van der Waals surface area contributed by atoms with Gasteiger partial charge in [-0.1, -0.05) is 43.5 Å². The van der Waals surface area contributed by atoms with E-state index in [1.807, 2.05) is 0 Å². The van der Waals surface area contributed by atoms with E-state index in [0.717, 1.165) is 7.11 Å². The van der Waals surface area contributed by atoms with Crippen LogP contribution in [0.25, 0.3) is 0 Å². The van der Waals surface area contributed by atoms with Crippen molar-refractivity contribution in [3.8, 4) is 0 Å². The molecule has 0 amide bonds. The molecule has 1 aromatic carbocycles. The van der Waals surface area contributed by atoms with Crippen LogP contribution < -0.4 is 0 Å². The monoisotopic (exact) mass is 432 g/mol. The Morgan fingerprint density at radius 1 is 0.806 bits per heavy atom. The lowest BCUT2D eigenvalue weighted by Crippen LogP contribution is -2.43. The molecule has 0 atom stereocenters. The third kappa shape index (κ3) is 7.09. The van der Waals surface area contributed by atoms with Crippen molar-refractivity contribution in [1.82, 2.24) is 0 Å². The van der Waals surface area contributed by atoms with Crippen LogP contribution in [-0.2, 0) is 44.7 Å². The molecule has 0 saturated heterocycles. The number of hydrogen-bond acceptors (Lipinski definition) is 8. The van der Waals surface area contributed by atoms with Gasteiger partial charge in [-0.05, 0) is 19.4 Å². The minimum Gasteiger partial charge on any atom is -0.468 e. The van der Waals surface area contributed by atoms with Gasteiger partial charge in [0.2, 0.25) is 0 Å². The molecule has 8 nitrogen and oxygen atoms in total. The summed E-state index contributed by atoms with van der Waals surface area (Å²) in [5, 5.41) is 0. The third-order valence-corrected chi connectivity index (χ3v) is 4.34. The fraction of sp³-hybridized carbons (Fsp3) is 0.391. The quantitative estimate of drug-likeness (QED) is 0.215. The van der Waals surface area contributed by atoms with Crippen molar-refractivity contribution in [1.29, 1.82) is 0 Å². The number of benzene rings is 1. The van der Waals surface area contributed by atoms with Crippen LogP contribution in [0.1, 0.15) is 32.3 Å². The Kier molecular flexibility index (Phi) is 10.2. The summed E-state index contributed by atoms with van der Waals surface area (Å²) in [5.74, 6) is -3.55. The highest BCUT2D eigenvalue weighted by molar-refractivity contribution is 6.04. The van der Waals surface area contributed by atoms with E-state index in [-0.39, 0.29) is 31.0 Å².